The van der Waals surface area contributed by atoms with E-state index in [0.29, 0.717) is 5.92 Å². The number of carbonyl (C=O) groups is 1. The first-order chi connectivity index (χ1) is 15.3. The first kappa shape index (κ1) is 20.0. The van der Waals surface area contributed by atoms with Gasteiger partial charge in [0.2, 0.25) is 0 Å². The van der Waals surface area contributed by atoms with E-state index in [2.05, 4.69) is 56.5 Å². The molecule has 3 aliphatic rings. The van der Waals surface area contributed by atoms with Crippen molar-refractivity contribution in [2.75, 3.05) is 49.5 Å². The third-order valence-electron chi connectivity index (χ3n) is 6.49. The van der Waals surface area contributed by atoms with Gasteiger partial charge in [-0.25, -0.2) is 4.98 Å². The Balaban J connectivity index is 1.45. The molecule has 2 saturated heterocycles. The molecule has 1 aromatic heterocycles. The Labute approximate surface area is 183 Å². The number of pyridine rings is 1. The maximum atomic E-state index is 11.8. The molecule has 2 aromatic rings. The van der Waals surface area contributed by atoms with Crippen molar-refractivity contribution in [1.29, 1.82) is 0 Å². The molecule has 4 N–H and O–H groups in total. The molecule has 31 heavy (non-hydrogen) atoms. The van der Waals surface area contributed by atoms with E-state index in [1.807, 2.05) is 12.3 Å². The van der Waals surface area contributed by atoms with Crippen molar-refractivity contribution in [3.05, 3.63) is 53.2 Å². The largest absolute Gasteiger partial charge is 0.378 e. The average molecular weight is 419 g/mol. The van der Waals surface area contributed by atoms with E-state index < -0.39 is 6.04 Å². The Morgan fingerprint density at radius 2 is 1.77 bits per heavy atom. The standard InChI is InChI=1S/C24H30N6O/c31-16-21-23-19(7-10-27-21)15-22(30-13-11-26-12-14-30)29-24(23)28-20-3-1-17(2-4-20)18-5-8-25-9-6-18/h1-4,7,10,15-16,18,21,25-27H,5-6,8-9,11-14H2,(H,28,29). The normalized spacial score (nSPS) is 21.3. The van der Waals surface area contributed by atoms with Crippen LogP contribution >= 0.6 is 0 Å². The summed E-state index contributed by atoms with van der Waals surface area (Å²) in [5, 5.41) is 13.5. The van der Waals surface area contributed by atoms with Gasteiger partial charge in [-0.1, -0.05) is 12.1 Å². The van der Waals surface area contributed by atoms with Crippen LogP contribution in [0.25, 0.3) is 6.08 Å². The third-order valence-corrected chi connectivity index (χ3v) is 6.49. The summed E-state index contributed by atoms with van der Waals surface area (Å²) in [6.07, 6.45) is 7.19. The summed E-state index contributed by atoms with van der Waals surface area (Å²) in [6.45, 7) is 5.94. The molecule has 7 heteroatoms. The van der Waals surface area contributed by atoms with Crippen molar-refractivity contribution < 1.29 is 4.79 Å². The summed E-state index contributed by atoms with van der Waals surface area (Å²) in [6, 6.07) is 10.4. The number of fused-ring (bicyclic) bond motifs is 1. The van der Waals surface area contributed by atoms with Gasteiger partial charge in [0, 0.05) is 37.4 Å². The van der Waals surface area contributed by atoms with E-state index >= 15 is 0 Å². The number of aromatic nitrogens is 1. The molecule has 0 aliphatic carbocycles. The minimum atomic E-state index is -0.402. The van der Waals surface area contributed by atoms with Gasteiger partial charge in [-0.2, -0.15) is 0 Å². The highest BCUT2D eigenvalue weighted by Crippen LogP contribution is 2.34. The molecule has 4 heterocycles. The zero-order valence-corrected chi connectivity index (χ0v) is 17.7. The number of rotatable bonds is 5. The molecule has 0 saturated carbocycles. The van der Waals surface area contributed by atoms with Gasteiger partial charge >= 0.3 is 0 Å². The van der Waals surface area contributed by atoms with Gasteiger partial charge in [-0.3, -0.25) is 0 Å². The Morgan fingerprint density at radius 1 is 1.03 bits per heavy atom. The van der Waals surface area contributed by atoms with Crippen molar-refractivity contribution in [3.63, 3.8) is 0 Å². The fourth-order valence-electron chi connectivity index (χ4n) is 4.74. The smallest absolute Gasteiger partial charge is 0.146 e. The van der Waals surface area contributed by atoms with Crippen LogP contribution < -0.4 is 26.2 Å². The molecule has 5 rings (SSSR count). The molecule has 1 aromatic carbocycles. The molecule has 0 spiro atoms. The number of carbonyl (C=O) groups excluding carboxylic acids is 1. The zero-order valence-electron chi connectivity index (χ0n) is 17.7. The predicted octanol–water partition coefficient (Wildman–Crippen LogP) is 2.52. The van der Waals surface area contributed by atoms with E-state index in [4.69, 9.17) is 4.98 Å². The molecule has 1 unspecified atom stereocenters. The molecule has 0 amide bonds. The molecule has 1 atom stereocenters. The van der Waals surface area contributed by atoms with Gasteiger partial charge in [0.15, 0.2) is 0 Å². The Bertz CT molecular complexity index is 945. The van der Waals surface area contributed by atoms with Gasteiger partial charge in [0.25, 0.3) is 0 Å². The monoisotopic (exact) mass is 418 g/mol. The van der Waals surface area contributed by atoms with Gasteiger partial charge in [-0.05, 0) is 73.5 Å². The second-order valence-electron chi connectivity index (χ2n) is 8.45. The van der Waals surface area contributed by atoms with Crippen LogP contribution in [0.5, 0.6) is 0 Å². The topological polar surface area (TPSA) is 81.3 Å². The summed E-state index contributed by atoms with van der Waals surface area (Å²) in [7, 11) is 0. The van der Waals surface area contributed by atoms with Crippen molar-refractivity contribution in [2.45, 2.75) is 24.8 Å². The van der Waals surface area contributed by atoms with Crippen LogP contribution in [0, 0.1) is 0 Å². The zero-order chi connectivity index (χ0) is 21.0. The first-order valence-corrected chi connectivity index (χ1v) is 11.3. The lowest BCUT2D eigenvalue weighted by atomic mass is 9.90. The van der Waals surface area contributed by atoms with E-state index in [9.17, 15) is 4.79 Å². The number of aldehydes is 1. The van der Waals surface area contributed by atoms with Crippen molar-refractivity contribution >= 4 is 29.7 Å². The predicted molar refractivity (Wildman–Crippen MR) is 125 cm³/mol. The summed E-state index contributed by atoms with van der Waals surface area (Å²) < 4.78 is 0. The van der Waals surface area contributed by atoms with Crippen LogP contribution in [-0.4, -0.2) is 50.5 Å². The summed E-state index contributed by atoms with van der Waals surface area (Å²) in [5.41, 5.74) is 4.32. The van der Waals surface area contributed by atoms with Crippen molar-refractivity contribution in [1.82, 2.24) is 20.9 Å². The first-order valence-electron chi connectivity index (χ1n) is 11.3. The molecule has 3 aliphatic heterocycles. The van der Waals surface area contributed by atoms with Gasteiger partial charge in [-0.15, -0.1) is 0 Å². The second-order valence-corrected chi connectivity index (χ2v) is 8.45. The van der Waals surface area contributed by atoms with Crippen molar-refractivity contribution in [3.8, 4) is 0 Å². The quantitative estimate of drug-likeness (QED) is 0.556. The molecule has 0 radical (unpaired) electrons. The Kier molecular flexibility index (Phi) is 5.86. The van der Waals surface area contributed by atoms with E-state index in [1.165, 1.54) is 18.4 Å². The van der Waals surface area contributed by atoms with Gasteiger partial charge in [0.1, 0.15) is 24.0 Å². The molecule has 7 nitrogen and oxygen atoms in total. The van der Waals surface area contributed by atoms with E-state index in [-0.39, 0.29) is 0 Å². The average Bonchev–Trinajstić information content (AvgIpc) is 2.85. The molecule has 0 bridgehead atoms. The highest BCUT2D eigenvalue weighted by molar-refractivity contribution is 5.78. The van der Waals surface area contributed by atoms with Crippen molar-refractivity contribution in [2.24, 2.45) is 0 Å². The summed E-state index contributed by atoms with van der Waals surface area (Å²) in [5.74, 6) is 2.32. The number of anilines is 3. The number of nitrogens with one attached hydrogen (secondary N) is 4. The van der Waals surface area contributed by atoms with Crippen LogP contribution in [0.2, 0.25) is 0 Å². The van der Waals surface area contributed by atoms with Crippen LogP contribution in [0.3, 0.4) is 0 Å². The highest BCUT2D eigenvalue weighted by Gasteiger charge is 2.24. The number of nitrogens with zero attached hydrogens (tertiary/aromatic N) is 2. The van der Waals surface area contributed by atoms with E-state index in [1.54, 1.807) is 0 Å². The van der Waals surface area contributed by atoms with Crippen LogP contribution in [0.1, 0.15) is 41.5 Å². The van der Waals surface area contributed by atoms with Gasteiger partial charge < -0.3 is 31.0 Å². The van der Waals surface area contributed by atoms with Crippen LogP contribution in [-0.2, 0) is 4.79 Å². The number of piperidine rings is 1. The fraction of sp³-hybridized carbons (Fsp3) is 0.417. The Morgan fingerprint density at radius 3 is 2.52 bits per heavy atom. The minimum absolute atomic E-state index is 0.402. The lowest BCUT2D eigenvalue weighted by Gasteiger charge is -2.31. The fourth-order valence-corrected chi connectivity index (χ4v) is 4.74. The number of hydrogen-bond donors (Lipinski definition) is 4. The number of hydrogen-bond acceptors (Lipinski definition) is 7. The van der Waals surface area contributed by atoms with Crippen LogP contribution in [0.4, 0.5) is 17.3 Å². The SMILES string of the molecule is O=CC1NC=Cc2cc(N3CCNCC3)nc(Nc3ccc(C4CCNCC4)cc3)c21. The molecule has 162 valence electrons. The van der Waals surface area contributed by atoms with Gasteiger partial charge in [0.05, 0.1) is 0 Å². The lowest BCUT2D eigenvalue weighted by molar-refractivity contribution is -0.109. The minimum Gasteiger partial charge on any atom is -0.378 e. The molecular formula is C24H30N6O. The lowest BCUT2D eigenvalue weighted by Crippen LogP contribution is -2.44. The van der Waals surface area contributed by atoms with E-state index in [0.717, 1.165) is 74.0 Å². The molecular weight excluding hydrogens is 388 g/mol. The second kappa shape index (κ2) is 9.08. The molecule has 2 fully saturated rings. The number of benzene rings is 1. The maximum absolute atomic E-state index is 11.8. The van der Waals surface area contributed by atoms with Crippen LogP contribution in [0.15, 0.2) is 36.5 Å². The third kappa shape index (κ3) is 4.29. The highest BCUT2D eigenvalue weighted by atomic mass is 16.1. The Hall–Kier alpha value is -2.90. The number of piperazine rings is 1. The summed E-state index contributed by atoms with van der Waals surface area (Å²) >= 11 is 0. The summed E-state index contributed by atoms with van der Waals surface area (Å²) in [4.78, 5) is 19.0. The maximum Gasteiger partial charge on any atom is 0.146 e.